The largest absolute Gasteiger partial charge is 0.361 e. The number of amidine groups is 1. The molecule has 0 saturated carbocycles. The van der Waals surface area contributed by atoms with Gasteiger partial charge in [-0.15, -0.1) is 0 Å². The number of aliphatic imine (C=N–C) groups is 1. The lowest BCUT2D eigenvalue weighted by atomic mass is 10.0. The van der Waals surface area contributed by atoms with Gasteiger partial charge in [0.15, 0.2) is 11.5 Å². The van der Waals surface area contributed by atoms with E-state index in [0.29, 0.717) is 11.4 Å². The van der Waals surface area contributed by atoms with Gasteiger partial charge in [0.2, 0.25) is 0 Å². The van der Waals surface area contributed by atoms with Gasteiger partial charge >= 0.3 is 0 Å². The lowest BCUT2D eigenvalue weighted by Gasteiger charge is -2.40. The lowest BCUT2D eigenvalue weighted by Crippen LogP contribution is -2.58. The summed E-state index contributed by atoms with van der Waals surface area (Å²) in [6.45, 7) is 3.76. The van der Waals surface area contributed by atoms with Crippen LogP contribution >= 0.6 is 22.6 Å². The smallest absolute Gasteiger partial charge is 0.295 e. The van der Waals surface area contributed by atoms with E-state index in [-0.39, 0.29) is 5.84 Å². The van der Waals surface area contributed by atoms with Gasteiger partial charge in [0.1, 0.15) is 0 Å². The number of rotatable bonds is 2. The highest BCUT2D eigenvalue weighted by atomic mass is 127. The first-order valence-corrected chi connectivity index (χ1v) is 8.45. The molecule has 0 bridgehead atoms. The molecule has 1 unspecified atom stereocenters. The maximum Gasteiger partial charge on any atom is 0.295 e. The van der Waals surface area contributed by atoms with Crippen LogP contribution in [-0.2, 0) is 0 Å². The van der Waals surface area contributed by atoms with Crippen molar-refractivity contribution in [3.05, 3.63) is 45.4 Å². The quantitative estimate of drug-likeness (QED) is 0.699. The average Bonchev–Trinajstić information content (AvgIpc) is 3.08. The first kappa shape index (κ1) is 15.6. The summed E-state index contributed by atoms with van der Waals surface area (Å²) in [6.07, 6.45) is 2.65. The predicted octanol–water partition coefficient (Wildman–Crippen LogP) is 3.76. The number of allylic oxidation sites excluding steroid dienone is 3. The van der Waals surface area contributed by atoms with Crippen molar-refractivity contribution in [2.45, 2.75) is 25.9 Å². The van der Waals surface area contributed by atoms with Gasteiger partial charge in [0.25, 0.3) is 6.43 Å². The number of nitrogens with one attached hydrogen (secondary N) is 2. The van der Waals surface area contributed by atoms with Crippen LogP contribution in [-0.4, -0.2) is 28.1 Å². The highest BCUT2D eigenvalue weighted by Gasteiger charge is 2.47. The van der Waals surface area contributed by atoms with Crippen molar-refractivity contribution in [2.24, 2.45) is 4.99 Å². The molecule has 1 atom stereocenters. The number of aromatic nitrogens is 2. The van der Waals surface area contributed by atoms with Crippen LogP contribution in [0.2, 0.25) is 0 Å². The van der Waals surface area contributed by atoms with Crippen molar-refractivity contribution in [1.82, 2.24) is 15.5 Å². The molecular weight excluding hydrogens is 427 g/mol. The summed E-state index contributed by atoms with van der Waals surface area (Å²) < 4.78 is 28.3. The van der Waals surface area contributed by atoms with E-state index in [2.05, 4.69) is 43.1 Å². The summed E-state index contributed by atoms with van der Waals surface area (Å²) in [4.78, 5) is 5.77. The number of hydrogen-bond donors (Lipinski definition) is 2. The van der Waals surface area contributed by atoms with E-state index in [4.69, 9.17) is 0 Å². The Morgan fingerprint density at radius 1 is 1.29 bits per heavy atom. The topological polar surface area (TPSA) is 56.3 Å². The standard InChI is InChI=1S/C16H14F2IN5/c1-8-3-4-12-16(2,22-8)24(15(21-12)14(17)18)10-5-9-7-20-23-13(9)11(19)6-10/h3-7,14,22H,1-2H3,(H,20,23). The first-order valence-electron chi connectivity index (χ1n) is 7.37. The fourth-order valence-electron chi connectivity index (χ4n) is 3.24. The van der Waals surface area contributed by atoms with Gasteiger partial charge in [-0.1, -0.05) is 0 Å². The van der Waals surface area contributed by atoms with Crippen LogP contribution in [0.5, 0.6) is 0 Å². The Bertz CT molecular complexity index is 930. The molecule has 2 N–H and O–H groups in total. The van der Waals surface area contributed by atoms with E-state index in [1.807, 2.05) is 32.1 Å². The molecule has 2 aromatic rings. The van der Waals surface area contributed by atoms with E-state index in [1.54, 1.807) is 17.2 Å². The summed E-state index contributed by atoms with van der Waals surface area (Å²) in [5, 5.41) is 11.1. The van der Waals surface area contributed by atoms with Gasteiger partial charge in [0.05, 0.1) is 17.4 Å². The number of halogens is 3. The number of alkyl halides is 2. The van der Waals surface area contributed by atoms with E-state index in [0.717, 1.165) is 20.2 Å². The zero-order valence-electron chi connectivity index (χ0n) is 12.9. The second-order valence-electron chi connectivity index (χ2n) is 5.97. The fraction of sp³-hybridized carbons (Fsp3) is 0.250. The normalized spacial score (nSPS) is 23.1. The van der Waals surface area contributed by atoms with Crippen molar-refractivity contribution >= 4 is 45.0 Å². The Balaban J connectivity index is 1.92. The van der Waals surface area contributed by atoms with Crippen LogP contribution in [0, 0.1) is 3.57 Å². The number of H-pyrrole nitrogens is 1. The molecule has 0 spiro atoms. The zero-order valence-corrected chi connectivity index (χ0v) is 15.1. The molecule has 124 valence electrons. The third-order valence-electron chi connectivity index (χ3n) is 4.28. The van der Waals surface area contributed by atoms with Crippen molar-refractivity contribution < 1.29 is 8.78 Å². The van der Waals surface area contributed by atoms with Crippen LogP contribution in [0.25, 0.3) is 10.9 Å². The summed E-state index contributed by atoms with van der Waals surface area (Å²) in [7, 11) is 0. The number of dihydropyridines is 1. The minimum Gasteiger partial charge on any atom is -0.361 e. The zero-order chi connectivity index (χ0) is 17.1. The Morgan fingerprint density at radius 3 is 2.83 bits per heavy atom. The van der Waals surface area contributed by atoms with Crippen molar-refractivity contribution in [2.75, 3.05) is 4.90 Å². The summed E-state index contributed by atoms with van der Waals surface area (Å²) >= 11 is 2.18. The summed E-state index contributed by atoms with van der Waals surface area (Å²) in [5.74, 6) is -0.252. The van der Waals surface area contributed by atoms with Gasteiger partial charge in [-0.25, -0.2) is 13.8 Å². The van der Waals surface area contributed by atoms with Crippen LogP contribution < -0.4 is 10.2 Å². The van der Waals surface area contributed by atoms with Gasteiger partial charge < -0.3 is 5.32 Å². The molecule has 4 rings (SSSR count). The van der Waals surface area contributed by atoms with E-state index < -0.39 is 12.1 Å². The minimum atomic E-state index is -2.67. The monoisotopic (exact) mass is 441 g/mol. The number of benzene rings is 1. The molecule has 8 heteroatoms. The van der Waals surface area contributed by atoms with Gasteiger partial charge in [-0.2, -0.15) is 5.10 Å². The Morgan fingerprint density at radius 2 is 2.08 bits per heavy atom. The fourth-order valence-corrected chi connectivity index (χ4v) is 3.99. The maximum absolute atomic E-state index is 13.7. The molecule has 0 fully saturated rings. The number of nitrogens with zero attached hydrogens (tertiary/aromatic N) is 3. The van der Waals surface area contributed by atoms with Gasteiger partial charge in [-0.05, 0) is 60.7 Å². The Labute approximate surface area is 150 Å². The molecule has 0 amide bonds. The lowest BCUT2D eigenvalue weighted by molar-refractivity contribution is 0.222. The van der Waals surface area contributed by atoms with Crippen LogP contribution in [0.1, 0.15) is 13.8 Å². The Hall–Kier alpha value is -1.97. The van der Waals surface area contributed by atoms with E-state index in [1.165, 1.54) is 0 Å². The van der Waals surface area contributed by atoms with Crippen molar-refractivity contribution in [3.8, 4) is 0 Å². The minimum absolute atomic E-state index is 0.252. The van der Waals surface area contributed by atoms with Gasteiger partial charge in [-0.3, -0.25) is 10.00 Å². The second kappa shape index (κ2) is 5.27. The Kier molecular flexibility index (Phi) is 3.41. The van der Waals surface area contributed by atoms with Crippen molar-refractivity contribution in [3.63, 3.8) is 0 Å². The number of fused-ring (bicyclic) bond motifs is 2. The highest BCUT2D eigenvalue weighted by Crippen LogP contribution is 2.40. The van der Waals surface area contributed by atoms with Crippen LogP contribution in [0.15, 0.2) is 46.9 Å². The molecule has 1 aromatic carbocycles. The molecule has 0 aliphatic carbocycles. The third kappa shape index (κ3) is 2.15. The first-order chi connectivity index (χ1) is 11.4. The number of anilines is 1. The van der Waals surface area contributed by atoms with Crippen LogP contribution in [0.3, 0.4) is 0 Å². The average molecular weight is 441 g/mol. The van der Waals surface area contributed by atoms with Crippen LogP contribution in [0.4, 0.5) is 14.5 Å². The molecule has 5 nitrogen and oxygen atoms in total. The molecule has 3 heterocycles. The second-order valence-corrected chi connectivity index (χ2v) is 7.13. The molecular formula is C16H14F2IN5. The number of hydrogen-bond acceptors (Lipinski definition) is 4. The number of aromatic amines is 1. The van der Waals surface area contributed by atoms with Crippen molar-refractivity contribution in [1.29, 1.82) is 0 Å². The molecule has 2 aliphatic rings. The van der Waals surface area contributed by atoms with E-state index >= 15 is 0 Å². The molecule has 1 aromatic heterocycles. The predicted molar refractivity (Wildman–Crippen MR) is 98.1 cm³/mol. The summed E-state index contributed by atoms with van der Waals surface area (Å²) in [5.41, 5.74) is 2.18. The highest BCUT2D eigenvalue weighted by molar-refractivity contribution is 14.1. The summed E-state index contributed by atoms with van der Waals surface area (Å²) in [6, 6.07) is 3.71. The molecule has 2 aliphatic heterocycles. The third-order valence-corrected chi connectivity index (χ3v) is 5.13. The molecule has 24 heavy (non-hydrogen) atoms. The molecule has 0 radical (unpaired) electrons. The van der Waals surface area contributed by atoms with Gasteiger partial charge in [0, 0.05) is 20.3 Å². The maximum atomic E-state index is 13.7. The van der Waals surface area contributed by atoms with E-state index in [9.17, 15) is 8.78 Å². The SMILES string of the molecule is CC1=CC=C2N=C(C(F)F)N(c3cc(I)c4[nH]ncc4c3)C2(C)N1. The molecule has 0 saturated heterocycles.